The summed E-state index contributed by atoms with van der Waals surface area (Å²) in [5.74, 6) is 0. The molecule has 0 bridgehead atoms. The molecule has 2 nitrogen and oxygen atoms in total. The van der Waals surface area contributed by atoms with Crippen LogP contribution in [0.25, 0.3) is 0 Å². The highest BCUT2D eigenvalue weighted by atomic mass is 16.5. The van der Waals surface area contributed by atoms with Gasteiger partial charge in [0.15, 0.2) is 0 Å². The van der Waals surface area contributed by atoms with E-state index in [4.69, 9.17) is 9.84 Å². The van der Waals surface area contributed by atoms with E-state index in [1.54, 1.807) is 7.11 Å². The lowest BCUT2D eigenvalue weighted by atomic mass is 9.95. The average Bonchev–Trinajstić information content (AvgIpc) is 1.88. The number of aliphatic hydroxyl groups is 1. The first-order valence-corrected chi connectivity index (χ1v) is 3.54. The number of hydrogen-bond donors (Lipinski definition) is 1. The molecule has 0 amide bonds. The van der Waals surface area contributed by atoms with E-state index < -0.39 is 0 Å². The summed E-state index contributed by atoms with van der Waals surface area (Å²) >= 11 is 0. The largest absolute Gasteiger partial charge is 0.393 e. The van der Waals surface area contributed by atoms with Gasteiger partial charge in [0, 0.05) is 7.11 Å². The van der Waals surface area contributed by atoms with Gasteiger partial charge in [0.25, 0.3) is 0 Å². The summed E-state index contributed by atoms with van der Waals surface area (Å²) in [6, 6.07) is 0. The molecule has 0 aliphatic heterocycles. The van der Waals surface area contributed by atoms with Crippen LogP contribution in [0, 0.1) is 0 Å². The van der Waals surface area contributed by atoms with Gasteiger partial charge >= 0.3 is 0 Å². The molecule has 1 aliphatic rings. The zero-order valence-electron chi connectivity index (χ0n) is 5.84. The van der Waals surface area contributed by atoms with Gasteiger partial charge in [-0.15, -0.1) is 0 Å². The Balaban J connectivity index is 2.23. The summed E-state index contributed by atoms with van der Waals surface area (Å²) in [6.07, 6.45) is 4.22. The smallest absolute Gasteiger partial charge is 0.0596 e. The molecule has 0 unspecified atom stereocenters. The molecule has 2 atom stereocenters. The molecule has 0 radical (unpaired) electrons. The fourth-order valence-corrected chi connectivity index (χ4v) is 1.33. The van der Waals surface area contributed by atoms with Gasteiger partial charge in [-0.1, -0.05) is 0 Å². The minimum atomic E-state index is -0.108. The Bertz CT molecular complexity index is 83.0. The first-order valence-electron chi connectivity index (χ1n) is 3.54. The van der Waals surface area contributed by atoms with Gasteiger partial charge in [-0.2, -0.15) is 0 Å². The Hall–Kier alpha value is -0.0800. The standard InChI is InChI=1S/C7H14O2/c1-9-7-4-2-3-6(8)5-7/h6-8H,2-5H2,1H3/t6-,7+/m0/s1. The minimum absolute atomic E-state index is 0.108. The second-order valence-electron chi connectivity index (χ2n) is 2.68. The third-order valence-corrected chi connectivity index (χ3v) is 1.93. The van der Waals surface area contributed by atoms with Gasteiger partial charge in [-0.05, 0) is 25.7 Å². The highest BCUT2D eigenvalue weighted by molar-refractivity contribution is 4.71. The lowest BCUT2D eigenvalue weighted by Crippen LogP contribution is -2.24. The Morgan fingerprint density at radius 2 is 2.22 bits per heavy atom. The number of aliphatic hydroxyl groups excluding tert-OH is 1. The predicted molar refractivity (Wildman–Crippen MR) is 35.3 cm³/mol. The zero-order chi connectivity index (χ0) is 6.69. The predicted octanol–water partition coefficient (Wildman–Crippen LogP) is 0.936. The molecule has 1 fully saturated rings. The molecule has 0 spiro atoms. The number of hydrogen-bond acceptors (Lipinski definition) is 2. The van der Waals surface area contributed by atoms with Crippen LogP contribution < -0.4 is 0 Å². The van der Waals surface area contributed by atoms with E-state index in [0.717, 1.165) is 25.7 Å². The van der Waals surface area contributed by atoms with Crippen molar-refractivity contribution in [3.05, 3.63) is 0 Å². The van der Waals surface area contributed by atoms with Crippen molar-refractivity contribution >= 4 is 0 Å². The van der Waals surface area contributed by atoms with Crippen LogP contribution in [0.1, 0.15) is 25.7 Å². The van der Waals surface area contributed by atoms with Crippen molar-refractivity contribution in [1.82, 2.24) is 0 Å². The first kappa shape index (κ1) is 7.03. The Kier molecular flexibility index (Phi) is 2.49. The summed E-state index contributed by atoms with van der Waals surface area (Å²) in [5.41, 5.74) is 0. The van der Waals surface area contributed by atoms with E-state index in [1.165, 1.54) is 0 Å². The van der Waals surface area contributed by atoms with Crippen molar-refractivity contribution in [2.45, 2.75) is 37.9 Å². The van der Waals surface area contributed by atoms with Crippen LogP contribution in [-0.4, -0.2) is 24.4 Å². The van der Waals surface area contributed by atoms with Crippen molar-refractivity contribution in [3.63, 3.8) is 0 Å². The lowest BCUT2D eigenvalue weighted by molar-refractivity contribution is 0.0115. The van der Waals surface area contributed by atoms with E-state index in [1.807, 2.05) is 0 Å². The monoisotopic (exact) mass is 130 g/mol. The second kappa shape index (κ2) is 3.18. The van der Waals surface area contributed by atoms with Crippen LogP contribution >= 0.6 is 0 Å². The molecule has 54 valence electrons. The molecule has 0 heterocycles. The van der Waals surface area contributed by atoms with E-state index in [2.05, 4.69) is 0 Å². The number of methoxy groups -OCH3 is 1. The maximum atomic E-state index is 9.13. The summed E-state index contributed by atoms with van der Waals surface area (Å²) in [5, 5.41) is 9.13. The Labute approximate surface area is 55.8 Å². The maximum absolute atomic E-state index is 9.13. The molecular weight excluding hydrogens is 116 g/mol. The van der Waals surface area contributed by atoms with Gasteiger partial charge in [0.1, 0.15) is 0 Å². The van der Waals surface area contributed by atoms with Gasteiger partial charge in [0.05, 0.1) is 12.2 Å². The summed E-state index contributed by atoms with van der Waals surface area (Å²) in [6.45, 7) is 0. The van der Waals surface area contributed by atoms with Crippen molar-refractivity contribution in [1.29, 1.82) is 0 Å². The third-order valence-electron chi connectivity index (χ3n) is 1.93. The van der Waals surface area contributed by atoms with Crippen molar-refractivity contribution in [2.24, 2.45) is 0 Å². The fourth-order valence-electron chi connectivity index (χ4n) is 1.33. The summed E-state index contributed by atoms with van der Waals surface area (Å²) < 4.78 is 5.10. The van der Waals surface area contributed by atoms with Crippen LogP contribution in [0.3, 0.4) is 0 Å². The summed E-state index contributed by atoms with van der Waals surface area (Å²) in [7, 11) is 1.71. The Morgan fingerprint density at radius 3 is 2.67 bits per heavy atom. The minimum Gasteiger partial charge on any atom is -0.393 e. The molecule has 1 aliphatic carbocycles. The SMILES string of the molecule is CO[C@@H]1CCC[C@H](O)C1. The topological polar surface area (TPSA) is 29.5 Å². The Morgan fingerprint density at radius 1 is 1.44 bits per heavy atom. The summed E-state index contributed by atoms with van der Waals surface area (Å²) in [4.78, 5) is 0. The van der Waals surface area contributed by atoms with Gasteiger partial charge < -0.3 is 9.84 Å². The zero-order valence-corrected chi connectivity index (χ0v) is 5.84. The van der Waals surface area contributed by atoms with Crippen LogP contribution in [0.15, 0.2) is 0 Å². The lowest BCUT2D eigenvalue weighted by Gasteiger charge is -2.24. The van der Waals surface area contributed by atoms with Crippen LogP contribution in [0.5, 0.6) is 0 Å². The molecule has 2 heteroatoms. The molecule has 0 aromatic rings. The fraction of sp³-hybridized carbons (Fsp3) is 1.00. The van der Waals surface area contributed by atoms with Crippen LogP contribution in [-0.2, 0) is 4.74 Å². The first-order chi connectivity index (χ1) is 4.33. The molecule has 1 rings (SSSR count). The van der Waals surface area contributed by atoms with Crippen LogP contribution in [0.4, 0.5) is 0 Å². The van der Waals surface area contributed by atoms with E-state index >= 15 is 0 Å². The molecule has 1 N–H and O–H groups in total. The van der Waals surface area contributed by atoms with E-state index in [-0.39, 0.29) is 6.10 Å². The molecule has 9 heavy (non-hydrogen) atoms. The van der Waals surface area contributed by atoms with Gasteiger partial charge in [-0.25, -0.2) is 0 Å². The van der Waals surface area contributed by atoms with E-state index in [0.29, 0.717) is 6.10 Å². The van der Waals surface area contributed by atoms with Crippen molar-refractivity contribution in [2.75, 3.05) is 7.11 Å². The molecule has 0 saturated heterocycles. The maximum Gasteiger partial charge on any atom is 0.0596 e. The highest BCUT2D eigenvalue weighted by Gasteiger charge is 2.18. The third kappa shape index (κ3) is 1.95. The molecule has 0 aromatic carbocycles. The average molecular weight is 130 g/mol. The quantitative estimate of drug-likeness (QED) is 0.572. The van der Waals surface area contributed by atoms with E-state index in [9.17, 15) is 0 Å². The van der Waals surface area contributed by atoms with Crippen LogP contribution in [0.2, 0.25) is 0 Å². The van der Waals surface area contributed by atoms with Gasteiger partial charge in [0.2, 0.25) is 0 Å². The normalized spacial score (nSPS) is 36.7. The van der Waals surface area contributed by atoms with Crippen molar-refractivity contribution < 1.29 is 9.84 Å². The van der Waals surface area contributed by atoms with Gasteiger partial charge in [-0.3, -0.25) is 0 Å². The molecule has 0 aromatic heterocycles. The molecule has 1 saturated carbocycles. The highest BCUT2D eigenvalue weighted by Crippen LogP contribution is 2.19. The molecular formula is C7H14O2. The van der Waals surface area contributed by atoms with Crippen molar-refractivity contribution in [3.8, 4) is 0 Å². The second-order valence-corrected chi connectivity index (χ2v) is 2.68. The number of rotatable bonds is 1. The number of ether oxygens (including phenoxy) is 1.